The Kier molecular flexibility index (Phi) is 11.9. The van der Waals surface area contributed by atoms with Crippen molar-refractivity contribution >= 4 is 12.0 Å². The fourth-order valence-electron chi connectivity index (χ4n) is 11.2. The molecule has 46 heavy (non-hydrogen) atoms. The molecule has 7 heteroatoms. The lowest BCUT2D eigenvalue weighted by molar-refractivity contribution is -0.133. The monoisotopic (exact) mass is 642 g/mol. The fourth-order valence-corrected chi connectivity index (χ4v) is 11.2. The number of alkyl carbamates (subject to hydrolysis) is 1. The number of hydrogen-bond donors (Lipinski definition) is 3. The van der Waals surface area contributed by atoms with Crippen LogP contribution < -0.4 is 5.32 Å². The number of allylic oxidation sites excluding steroid dienone is 1. The molecule has 0 radical (unpaired) electrons. The Labute approximate surface area is 279 Å². The second-order valence-electron chi connectivity index (χ2n) is 17.1. The number of likely N-dealkylation sites (tertiary alicyclic amines) is 1. The van der Waals surface area contributed by atoms with Gasteiger partial charge in [-0.25, -0.2) is 4.79 Å². The highest BCUT2D eigenvalue weighted by Crippen LogP contribution is 2.67. The van der Waals surface area contributed by atoms with Gasteiger partial charge >= 0.3 is 6.09 Å². The number of nitrogens with zero attached hydrogens (tertiary/aromatic N) is 1. The van der Waals surface area contributed by atoms with Crippen molar-refractivity contribution in [2.24, 2.45) is 46.3 Å². The molecule has 0 aromatic carbocycles. The number of unbranched alkanes of at least 4 members (excludes halogenated alkanes) is 2. The fraction of sp³-hybridized carbons (Fsp3) is 0.897. The zero-order chi connectivity index (χ0) is 33.1. The first-order valence-electron chi connectivity index (χ1n) is 19.2. The van der Waals surface area contributed by atoms with Crippen LogP contribution >= 0.6 is 0 Å². The van der Waals surface area contributed by atoms with Crippen LogP contribution in [0.3, 0.4) is 0 Å². The molecule has 1 aliphatic heterocycles. The normalized spacial score (nSPS) is 37.7. The van der Waals surface area contributed by atoms with Crippen LogP contribution in [0.25, 0.3) is 0 Å². The number of ether oxygens (including phenoxy) is 1. The average molecular weight is 643 g/mol. The van der Waals surface area contributed by atoms with Crippen molar-refractivity contribution in [3.05, 3.63) is 11.6 Å². The van der Waals surface area contributed by atoms with Crippen molar-refractivity contribution < 1.29 is 24.5 Å². The molecule has 10 atom stereocenters. The first-order chi connectivity index (χ1) is 22.0. The van der Waals surface area contributed by atoms with Gasteiger partial charge in [-0.05, 0) is 111 Å². The van der Waals surface area contributed by atoms with Crippen molar-refractivity contribution in [1.82, 2.24) is 10.2 Å². The van der Waals surface area contributed by atoms with E-state index in [1.807, 2.05) is 0 Å². The minimum atomic E-state index is -0.540. The third kappa shape index (κ3) is 7.66. The first kappa shape index (κ1) is 35.7. The van der Waals surface area contributed by atoms with Gasteiger partial charge in [0, 0.05) is 25.9 Å². The highest BCUT2D eigenvalue weighted by atomic mass is 16.6. The Hall–Kier alpha value is -1.60. The smallest absolute Gasteiger partial charge is 0.407 e. The van der Waals surface area contributed by atoms with Crippen LogP contribution in [0.15, 0.2) is 11.6 Å². The molecule has 1 saturated heterocycles. The highest BCUT2D eigenvalue weighted by molar-refractivity contribution is 5.77. The molecule has 4 fully saturated rings. The van der Waals surface area contributed by atoms with Crippen molar-refractivity contribution in [3.63, 3.8) is 0 Å². The Morgan fingerprint density at radius 3 is 2.59 bits per heavy atom. The van der Waals surface area contributed by atoms with Gasteiger partial charge in [-0.15, -0.1) is 0 Å². The predicted octanol–water partition coefficient (Wildman–Crippen LogP) is 7.64. The lowest BCUT2D eigenvalue weighted by Gasteiger charge is -2.58. The molecule has 0 spiro atoms. The van der Waals surface area contributed by atoms with E-state index in [-0.39, 0.29) is 36.2 Å². The minimum Gasteiger partial charge on any atom is -0.446 e. The molecule has 3 N–H and O–H groups in total. The summed E-state index contributed by atoms with van der Waals surface area (Å²) in [7, 11) is 0. The van der Waals surface area contributed by atoms with E-state index in [2.05, 4.69) is 46.0 Å². The second-order valence-corrected chi connectivity index (χ2v) is 17.1. The van der Waals surface area contributed by atoms with E-state index in [4.69, 9.17) is 4.74 Å². The molecule has 0 bridgehead atoms. The van der Waals surface area contributed by atoms with Crippen LogP contribution in [-0.4, -0.2) is 65.1 Å². The molecule has 0 aromatic heterocycles. The maximum atomic E-state index is 12.7. The molecule has 4 aliphatic carbocycles. The summed E-state index contributed by atoms with van der Waals surface area (Å²) in [5, 5.41) is 22.2. The number of nitrogens with one attached hydrogen (secondary N) is 1. The SMILES string of the molecule is CC(C)CCC[C@@H](C)[C@H]1CCC2C3CC=C4CC(OC(=O)NCCCCCC(=O)N5C[C@H](O)C[C@H]5CO)CC[C@]4(C)C3CC[C@@]21C. The van der Waals surface area contributed by atoms with Gasteiger partial charge in [0.1, 0.15) is 6.10 Å². The molecule has 5 rings (SSSR count). The summed E-state index contributed by atoms with van der Waals surface area (Å²) in [6, 6.07) is -0.265. The summed E-state index contributed by atoms with van der Waals surface area (Å²) < 4.78 is 5.94. The quantitative estimate of drug-likeness (QED) is 0.142. The number of carbonyl (C=O) groups excluding carboxylic acids is 2. The Balaban J connectivity index is 1.04. The molecule has 2 amide bonds. The molecule has 0 aromatic rings. The lowest BCUT2D eigenvalue weighted by atomic mass is 9.47. The minimum absolute atomic E-state index is 0.00703. The Morgan fingerprint density at radius 1 is 1.02 bits per heavy atom. The van der Waals surface area contributed by atoms with Crippen LogP contribution in [0, 0.1) is 46.3 Å². The molecule has 5 aliphatic rings. The summed E-state index contributed by atoms with van der Waals surface area (Å²) >= 11 is 0. The number of amides is 2. The number of aliphatic hydroxyl groups is 2. The molecule has 1 heterocycles. The van der Waals surface area contributed by atoms with E-state index >= 15 is 0 Å². The van der Waals surface area contributed by atoms with Gasteiger partial charge in [0.05, 0.1) is 18.8 Å². The average Bonchev–Trinajstić information content (AvgIpc) is 3.58. The first-order valence-corrected chi connectivity index (χ1v) is 19.2. The standard InChI is InChI=1S/C39H66N2O5/c1-26(2)10-9-11-27(3)33-15-16-34-32-14-13-28-22-31(17-19-38(28,4)35(32)18-20-39(33,34)5)46-37(45)40-21-8-6-7-12-36(44)41-24-30(43)23-29(41)25-42/h13,26-27,29-35,42-43H,6-12,14-25H2,1-5H3,(H,40,45)/t27-,29+,30-,31?,32?,33-,34?,35?,38+,39-/m1/s1. The van der Waals surface area contributed by atoms with E-state index in [1.165, 1.54) is 51.4 Å². The van der Waals surface area contributed by atoms with Crippen LogP contribution in [0.5, 0.6) is 0 Å². The van der Waals surface area contributed by atoms with Gasteiger partial charge in [0.25, 0.3) is 0 Å². The number of carbonyl (C=O) groups is 2. The number of fused-ring (bicyclic) bond motifs is 5. The van der Waals surface area contributed by atoms with Crippen molar-refractivity contribution in [2.45, 2.75) is 156 Å². The molecular weight excluding hydrogens is 576 g/mol. The summed E-state index contributed by atoms with van der Waals surface area (Å²) in [4.78, 5) is 26.8. The maximum absolute atomic E-state index is 12.7. The highest BCUT2D eigenvalue weighted by Gasteiger charge is 2.59. The van der Waals surface area contributed by atoms with Gasteiger partial charge in [0.15, 0.2) is 0 Å². The van der Waals surface area contributed by atoms with E-state index in [0.717, 1.165) is 74.0 Å². The van der Waals surface area contributed by atoms with Crippen LogP contribution in [0.1, 0.15) is 137 Å². The summed E-state index contributed by atoms with van der Waals surface area (Å²) in [5.74, 6) is 4.98. The molecule has 7 nitrogen and oxygen atoms in total. The summed E-state index contributed by atoms with van der Waals surface area (Å²) in [6.45, 7) is 13.2. The second kappa shape index (κ2) is 15.3. The molecule has 3 saturated carbocycles. The Morgan fingerprint density at radius 2 is 1.83 bits per heavy atom. The predicted molar refractivity (Wildman–Crippen MR) is 183 cm³/mol. The number of aliphatic hydroxyl groups excluding tert-OH is 2. The topological polar surface area (TPSA) is 99.1 Å². The van der Waals surface area contributed by atoms with Gasteiger partial charge in [-0.3, -0.25) is 4.79 Å². The van der Waals surface area contributed by atoms with Crippen LogP contribution in [-0.2, 0) is 9.53 Å². The van der Waals surface area contributed by atoms with Gasteiger partial charge < -0.3 is 25.2 Å². The van der Waals surface area contributed by atoms with Crippen molar-refractivity contribution in [1.29, 1.82) is 0 Å². The zero-order valence-electron chi connectivity index (χ0n) is 29.8. The van der Waals surface area contributed by atoms with E-state index < -0.39 is 6.10 Å². The van der Waals surface area contributed by atoms with E-state index in [9.17, 15) is 19.8 Å². The number of hydrogen-bond acceptors (Lipinski definition) is 5. The molecule has 4 unspecified atom stereocenters. The largest absolute Gasteiger partial charge is 0.446 e. The summed E-state index contributed by atoms with van der Waals surface area (Å²) in [6.07, 6.45) is 18.8. The number of rotatable bonds is 13. The third-order valence-electron chi connectivity index (χ3n) is 13.8. The third-order valence-corrected chi connectivity index (χ3v) is 13.8. The van der Waals surface area contributed by atoms with Crippen LogP contribution in [0.4, 0.5) is 4.79 Å². The van der Waals surface area contributed by atoms with Crippen molar-refractivity contribution in [2.75, 3.05) is 19.7 Å². The molecule has 262 valence electrons. The molecular formula is C39H66N2O5. The van der Waals surface area contributed by atoms with Gasteiger partial charge in [-0.1, -0.05) is 72.0 Å². The Bertz CT molecular complexity index is 1080. The maximum Gasteiger partial charge on any atom is 0.407 e. The summed E-state index contributed by atoms with van der Waals surface area (Å²) in [5.41, 5.74) is 2.31. The van der Waals surface area contributed by atoms with Crippen LogP contribution in [0.2, 0.25) is 0 Å². The zero-order valence-corrected chi connectivity index (χ0v) is 29.8. The number of β-amino-alcohol motifs (C(OH)–C–C–N with tert-alkyl or cyclic N) is 1. The van der Waals surface area contributed by atoms with E-state index in [0.29, 0.717) is 31.3 Å². The lowest BCUT2D eigenvalue weighted by Crippen LogP contribution is -2.51. The van der Waals surface area contributed by atoms with Crippen molar-refractivity contribution in [3.8, 4) is 0 Å². The van der Waals surface area contributed by atoms with E-state index in [1.54, 1.807) is 10.5 Å². The van der Waals surface area contributed by atoms with Gasteiger partial charge in [-0.2, -0.15) is 0 Å². The van der Waals surface area contributed by atoms with Gasteiger partial charge in [0.2, 0.25) is 5.91 Å².